The van der Waals surface area contributed by atoms with Gasteiger partial charge in [0.05, 0.1) is 16.1 Å². The average molecular weight is 384 g/mol. The second-order valence-corrected chi connectivity index (χ2v) is 7.18. The Kier molecular flexibility index (Phi) is 5.66. The largest absolute Gasteiger partial charge is 0.307 e. The van der Waals surface area contributed by atoms with Crippen molar-refractivity contribution in [1.29, 1.82) is 0 Å². The van der Waals surface area contributed by atoms with Crippen molar-refractivity contribution in [2.24, 2.45) is 0 Å². The van der Waals surface area contributed by atoms with Crippen LogP contribution in [0.3, 0.4) is 0 Å². The number of halogens is 2. The summed E-state index contributed by atoms with van der Waals surface area (Å²) >= 11 is 5.94. The lowest BCUT2D eigenvalue weighted by molar-refractivity contribution is 0.588. The quantitative estimate of drug-likeness (QED) is 0.669. The first-order chi connectivity index (χ1) is 11.0. The van der Waals surface area contributed by atoms with Crippen LogP contribution in [0.4, 0.5) is 5.69 Å². The summed E-state index contributed by atoms with van der Waals surface area (Å²) < 4.78 is 24.6. The van der Waals surface area contributed by atoms with Crippen LogP contribution in [0, 0.1) is 6.92 Å². The third-order valence-electron chi connectivity index (χ3n) is 3.36. The van der Waals surface area contributed by atoms with Gasteiger partial charge in [0.15, 0.2) is 0 Å². The fourth-order valence-corrected chi connectivity index (χ4v) is 3.15. The molecule has 0 saturated heterocycles. The molecule has 0 unspecified atom stereocenters. The second kappa shape index (κ2) is 7.36. The molecule has 8 heteroatoms. The fraction of sp³-hybridized carbons (Fsp3) is 0.0625. The van der Waals surface area contributed by atoms with E-state index in [1.807, 2.05) is 6.92 Å². The van der Waals surface area contributed by atoms with Crippen LogP contribution in [0.1, 0.15) is 5.56 Å². The number of hydrogen-bond acceptors (Lipinski definition) is 4. The van der Waals surface area contributed by atoms with Crippen LogP contribution in [0.5, 0.6) is 0 Å². The molecule has 0 radical (unpaired) electrons. The van der Waals surface area contributed by atoms with E-state index in [9.17, 15) is 8.42 Å². The summed E-state index contributed by atoms with van der Waals surface area (Å²) in [6, 6.07) is 13.5. The highest BCUT2D eigenvalue weighted by Crippen LogP contribution is 2.24. The van der Waals surface area contributed by atoms with Gasteiger partial charge < -0.3 is 5.43 Å². The van der Waals surface area contributed by atoms with Crippen LogP contribution in [-0.4, -0.2) is 13.4 Å². The number of fused-ring (bicyclic) bond motifs is 1. The Bertz CT molecular complexity index is 961. The summed E-state index contributed by atoms with van der Waals surface area (Å²) in [6.07, 6.45) is 1.58. The zero-order chi connectivity index (χ0) is 16.4. The highest BCUT2D eigenvalue weighted by atomic mass is 35.5. The first kappa shape index (κ1) is 18.5. The smallest absolute Gasteiger partial charge is 0.257 e. The molecule has 0 aliphatic heterocycles. The first-order valence-corrected chi connectivity index (χ1v) is 8.70. The molecule has 0 fully saturated rings. The summed E-state index contributed by atoms with van der Waals surface area (Å²) in [7, 11) is -3.66. The Balaban J connectivity index is 0.00000208. The molecule has 126 valence electrons. The Morgan fingerprint density at radius 3 is 2.46 bits per heavy atom. The second-order valence-electron chi connectivity index (χ2n) is 5.06. The number of benzene rings is 2. The Morgan fingerprint density at radius 2 is 1.75 bits per heavy atom. The van der Waals surface area contributed by atoms with Crippen molar-refractivity contribution in [3.05, 3.63) is 65.3 Å². The molecule has 2 N–H and O–H groups in total. The van der Waals surface area contributed by atoms with Crippen LogP contribution in [-0.2, 0) is 10.0 Å². The van der Waals surface area contributed by atoms with Gasteiger partial charge in [-0.3, -0.25) is 4.98 Å². The SMILES string of the molecule is Cc1ccc(S(=O)(=O)NNc2ccnc3cc(Cl)ccc23)cc1.Cl. The lowest BCUT2D eigenvalue weighted by Crippen LogP contribution is -2.29. The van der Waals surface area contributed by atoms with E-state index >= 15 is 0 Å². The van der Waals surface area contributed by atoms with E-state index in [1.54, 1.807) is 54.7 Å². The van der Waals surface area contributed by atoms with Crippen LogP contribution >= 0.6 is 24.0 Å². The molecule has 1 heterocycles. The fourth-order valence-electron chi connectivity index (χ4n) is 2.13. The van der Waals surface area contributed by atoms with E-state index in [4.69, 9.17) is 11.6 Å². The molecule has 0 spiro atoms. The molecule has 0 aliphatic carbocycles. The zero-order valence-electron chi connectivity index (χ0n) is 12.7. The van der Waals surface area contributed by atoms with Gasteiger partial charge in [0.1, 0.15) is 0 Å². The van der Waals surface area contributed by atoms with Crippen LogP contribution in [0.2, 0.25) is 5.02 Å². The topological polar surface area (TPSA) is 71.1 Å². The van der Waals surface area contributed by atoms with E-state index in [-0.39, 0.29) is 17.3 Å². The van der Waals surface area contributed by atoms with Crippen LogP contribution in [0.25, 0.3) is 10.9 Å². The van der Waals surface area contributed by atoms with Crippen molar-refractivity contribution in [2.45, 2.75) is 11.8 Å². The van der Waals surface area contributed by atoms with Crippen LogP contribution < -0.4 is 10.3 Å². The van der Waals surface area contributed by atoms with Crippen molar-refractivity contribution in [3.63, 3.8) is 0 Å². The summed E-state index contributed by atoms with van der Waals surface area (Å²) in [5.41, 5.74) is 5.01. The normalized spacial score (nSPS) is 11.1. The van der Waals surface area contributed by atoms with Crippen molar-refractivity contribution >= 4 is 50.6 Å². The number of sulfonamides is 1. The minimum absolute atomic E-state index is 0. The molecule has 1 aromatic heterocycles. The van der Waals surface area contributed by atoms with E-state index in [2.05, 4.69) is 15.2 Å². The summed E-state index contributed by atoms with van der Waals surface area (Å²) in [4.78, 5) is 6.78. The summed E-state index contributed by atoms with van der Waals surface area (Å²) in [5, 5.41) is 1.34. The molecular weight excluding hydrogens is 369 g/mol. The molecule has 24 heavy (non-hydrogen) atoms. The molecule has 0 amide bonds. The molecule has 0 aliphatic rings. The maximum Gasteiger partial charge on any atom is 0.257 e. The molecule has 5 nitrogen and oxygen atoms in total. The molecule has 0 saturated carbocycles. The van der Waals surface area contributed by atoms with Gasteiger partial charge in [-0.25, -0.2) is 8.42 Å². The van der Waals surface area contributed by atoms with Gasteiger partial charge in [-0.2, -0.15) is 0 Å². The lowest BCUT2D eigenvalue weighted by Gasteiger charge is -2.11. The molecule has 2 aromatic carbocycles. The van der Waals surface area contributed by atoms with Gasteiger partial charge in [0, 0.05) is 16.6 Å². The minimum atomic E-state index is -3.66. The maximum atomic E-state index is 12.3. The third-order valence-corrected chi connectivity index (χ3v) is 4.85. The molecule has 0 bridgehead atoms. The molecule has 0 atom stereocenters. The zero-order valence-corrected chi connectivity index (χ0v) is 15.0. The number of hydrazine groups is 1. The summed E-state index contributed by atoms with van der Waals surface area (Å²) in [5.74, 6) is 0. The Morgan fingerprint density at radius 1 is 1.04 bits per heavy atom. The minimum Gasteiger partial charge on any atom is -0.307 e. The number of aryl methyl sites for hydroxylation is 1. The third kappa shape index (κ3) is 3.96. The number of pyridine rings is 1. The molecular formula is C16H15Cl2N3O2S. The van der Waals surface area contributed by atoms with Crippen molar-refractivity contribution in [1.82, 2.24) is 9.82 Å². The van der Waals surface area contributed by atoms with Gasteiger partial charge >= 0.3 is 0 Å². The summed E-state index contributed by atoms with van der Waals surface area (Å²) in [6.45, 7) is 1.90. The number of rotatable bonds is 4. The van der Waals surface area contributed by atoms with Gasteiger partial charge in [-0.05, 0) is 43.3 Å². The van der Waals surface area contributed by atoms with E-state index in [0.29, 0.717) is 16.2 Å². The standard InChI is InChI=1S/C16H14ClN3O2S.ClH/c1-11-2-5-13(6-3-11)23(21,22)20-19-15-8-9-18-16-10-12(17)4-7-14(15)16;/h2-10,20H,1H3,(H,18,19);1H. The Labute approximate surface area is 151 Å². The van der Waals surface area contributed by atoms with Gasteiger partial charge in [0.25, 0.3) is 10.0 Å². The monoisotopic (exact) mass is 383 g/mol. The van der Waals surface area contributed by atoms with Crippen LogP contribution in [0.15, 0.2) is 59.6 Å². The number of nitrogens with zero attached hydrogens (tertiary/aromatic N) is 1. The number of aromatic nitrogens is 1. The van der Waals surface area contributed by atoms with Crippen molar-refractivity contribution in [2.75, 3.05) is 5.43 Å². The van der Waals surface area contributed by atoms with Gasteiger partial charge in [-0.1, -0.05) is 29.3 Å². The van der Waals surface area contributed by atoms with Crippen molar-refractivity contribution < 1.29 is 8.42 Å². The van der Waals surface area contributed by atoms with Crippen molar-refractivity contribution in [3.8, 4) is 0 Å². The first-order valence-electron chi connectivity index (χ1n) is 6.84. The van der Waals surface area contributed by atoms with Gasteiger partial charge in [-0.15, -0.1) is 17.2 Å². The molecule has 3 rings (SSSR count). The highest BCUT2D eigenvalue weighted by molar-refractivity contribution is 7.89. The maximum absolute atomic E-state index is 12.3. The Hall–Kier alpha value is -1.86. The number of nitrogens with one attached hydrogen (secondary N) is 2. The predicted molar refractivity (Wildman–Crippen MR) is 99.1 cm³/mol. The lowest BCUT2D eigenvalue weighted by atomic mass is 10.2. The number of hydrogen-bond donors (Lipinski definition) is 2. The number of anilines is 1. The highest BCUT2D eigenvalue weighted by Gasteiger charge is 2.13. The average Bonchev–Trinajstić information content (AvgIpc) is 2.53. The van der Waals surface area contributed by atoms with E-state index in [0.717, 1.165) is 10.9 Å². The molecule has 3 aromatic rings. The van der Waals surface area contributed by atoms with Gasteiger partial charge in [0.2, 0.25) is 0 Å². The predicted octanol–water partition coefficient (Wildman–Crippen LogP) is 3.92. The van der Waals surface area contributed by atoms with E-state index < -0.39 is 10.0 Å². The van der Waals surface area contributed by atoms with E-state index in [1.165, 1.54) is 0 Å².